The zero-order chi connectivity index (χ0) is 12.4. The molecule has 0 aromatic rings. The van der Waals surface area contributed by atoms with Crippen molar-refractivity contribution in [1.82, 2.24) is 9.80 Å². The molecule has 0 unspecified atom stereocenters. The van der Waals surface area contributed by atoms with Crippen molar-refractivity contribution in [2.24, 2.45) is 5.41 Å². The van der Waals surface area contributed by atoms with Gasteiger partial charge in [-0.1, -0.05) is 29.8 Å². The van der Waals surface area contributed by atoms with Crippen molar-refractivity contribution in [2.45, 2.75) is 40.2 Å². The Kier molecular flexibility index (Phi) is 4.85. The molecular formula is C13H27BrN2. The second-order valence-electron chi connectivity index (χ2n) is 6.73. The van der Waals surface area contributed by atoms with Crippen LogP contribution in [-0.4, -0.2) is 53.4 Å². The van der Waals surface area contributed by atoms with Crippen LogP contribution in [-0.2, 0) is 0 Å². The molecule has 3 heteroatoms. The van der Waals surface area contributed by atoms with Gasteiger partial charge in [-0.15, -0.1) is 0 Å². The minimum atomic E-state index is 0.330. The fourth-order valence-electron chi connectivity index (χ4n) is 2.22. The van der Waals surface area contributed by atoms with Gasteiger partial charge in [-0.05, 0) is 26.2 Å². The van der Waals surface area contributed by atoms with E-state index in [4.69, 9.17) is 0 Å². The molecule has 2 nitrogen and oxygen atoms in total. The van der Waals surface area contributed by atoms with Gasteiger partial charge in [-0.2, -0.15) is 0 Å². The number of rotatable bonds is 3. The first-order valence-electron chi connectivity index (χ1n) is 6.28. The summed E-state index contributed by atoms with van der Waals surface area (Å²) in [7, 11) is 0. The van der Waals surface area contributed by atoms with E-state index in [9.17, 15) is 0 Å². The molecule has 96 valence electrons. The van der Waals surface area contributed by atoms with Crippen LogP contribution in [0.5, 0.6) is 0 Å². The third kappa shape index (κ3) is 4.34. The summed E-state index contributed by atoms with van der Waals surface area (Å²) in [6.07, 6.45) is 0. The molecule has 1 saturated heterocycles. The van der Waals surface area contributed by atoms with Gasteiger partial charge >= 0.3 is 0 Å². The highest BCUT2D eigenvalue weighted by atomic mass is 79.9. The van der Waals surface area contributed by atoms with E-state index in [1.54, 1.807) is 0 Å². The Morgan fingerprint density at radius 1 is 0.938 bits per heavy atom. The Balaban J connectivity index is 2.38. The zero-order valence-electron chi connectivity index (χ0n) is 11.5. The van der Waals surface area contributed by atoms with Crippen LogP contribution in [0.1, 0.15) is 34.6 Å². The van der Waals surface area contributed by atoms with Crippen molar-refractivity contribution < 1.29 is 0 Å². The van der Waals surface area contributed by atoms with Crippen LogP contribution in [0.15, 0.2) is 0 Å². The quantitative estimate of drug-likeness (QED) is 0.738. The third-order valence-corrected chi connectivity index (χ3v) is 4.85. The lowest BCUT2D eigenvalue weighted by Gasteiger charge is -2.44. The Morgan fingerprint density at radius 3 is 1.81 bits per heavy atom. The standard InChI is InChI=1S/C13H27BrN2/c1-12(2,3)16-8-6-15(7-9-16)11-13(4,5)10-14/h6-11H2,1-5H3. The molecule has 16 heavy (non-hydrogen) atoms. The van der Waals surface area contributed by atoms with Crippen molar-refractivity contribution in [3.63, 3.8) is 0 Å². The first kappa shape index (κ1) is 14.5. The predicted octanol–water partition coefficient (Wildman–Crippen LogP) is 2.82. The largest absolute Gasteiger partial charge is 0.300 e. The van der Waals surface area contributed by atoms with Gasteiger partial charge in [0.15, 0.2) is 0 Å². The predicted molar refractivity (Wildman–Crippen MR) is 75.3 cm³/mol. The number of halogens is 1. The maximum Gasteiger partial charge on any atom is 0.0126 e. The van der Waals surface area contributed by atoms with E-state index in [1.165, 1.54) is 32.7 Å². The summed E-state index contributed by atoms with van der Waals surface area (Å²) in [6, 6.07) is 0. The van der Waals surface area contributed by atoms with E-state index in [2.05, 4.69) is 60.3 Å². The lowest BCUT2D eigenvalue weighted by atomic mass is 9.95. The lowest BCUT2D eigenvalue weighted by molar-refractivity contribution is 0.0488. The van der Waals surface area contributed by atoms with Crippen molar-refractivity contribution >= 4 is 15.9 Å². The summed E-state index contributed by atoms with van der Waals surface area (Å²) < 4.78 is 0. The molecule has 0 bridgehead atoms. The number of nitrogens with zero attached hydrogens (tertiary/aromatic N) is 2. The molecule has 0 aromatic carbocycles. The van der Waals surface area contributed by atoms with Crippen LogP contribution in [0.2, 0.25) is 0 Å². The number of hydrogen-bond acceptors (Lipinski definition) is 2. The van der Waals surface area contributed by atoms with Crippen LogP contribution in [0.4, 0.5) is 0 Å². The smallest absolute Gasteiger partial charge is 0.0126 e. The maximum atomic E-state index is 3.60. The Hall–Kier alpha value is 0.400. The molecule has 0 N–H and O–H groups in total. The van der Waals surface area contributed by atoms with E-state index >= 15 is 0 Å². The summed E-state index contributed by atoms with van der Waals surface area (Å²) in [5, 5.41) is 1.08. The summed E-state index contributed by atoms with van der Waals surface area (Å²) in [6.45, 7) is 17.7. The second kappa shape index (κ2) is 5.36. The van der Waals surface area contributed by atoms with Crippen LogP contribution >= 0.6 is 15.9 Å². The second-order valence-corrected chi connectivity index (χ2v) is 7.29. The highest BCUT2D eigenvalue weighted by Crippen LogP contribution is 2.22. The van der Waals surface area contributed by atoms with Gasteiger partial charge in [0.05, 0.1) is 0 Å². The molecule has 1 rings (SSSR count). The van der Waals surface area contributed by atoms with E-state index in [-0.39, 0.29) is 0 Å². The number of hydrogen-bond donors (Lipinski definition) is 0. The van der Waals surface area contributed by atoms with E-state index < -0.39 is 0 Å². The normalized spacial score (nSPS) is 21.4. The van der Waals surface area contributed by atoms with Gasteiger partial charge in [0.2, 0.25) is 0 Å². The molecule has 1 aliphatic rings. The minimum absolute atomic E-state index is 0.330. The van der Waals surface area contributed by atoms with Crippen LogP contribution < -0.4 is 0 Å². The molecule has 0 aromatic heterocycles. The van der Waals surface area contributed by atoms with Gasteiger partial charge in [0, 0.05) is 43.6 Å². The summed E-state index contributed by atoms with van der Waals surface area (Å²) in [5.74, 6) is 0. The Bertz CT molecular complexity index is 212. The first-order valence-corrected chi connectivity index (χ1v) is 7.40. The van der Waals surface area contributed by atoms with Crippen molar-refractivity contribution in [3.05, 3.63) is 0 Å². The highest BCUT2D eigenvalue weighted by molar-refractivity contribution is 9.09. The van der Waals surface area contributed by atoms with Gasteiger partial charge in [-0.3, -0.25) is 4.90 Å². The molecule has 1 fully saturated rings. The fourth-order valence-corrected chi connectivity index (χ4v) is 2.40. The van der Waals surface area contributed by atoms with E-state index in [0.29, 0.717) is 11.0 Å². The van der Waals surface area contributed by atoms with Gasteiger partial charge in [0.25, 0.3) is 0 Å². The molecule has 0 radical (unpaired) electrons. The van der Waals surface area contributed by atoms with E-state index in [1.807, 2.05) is 0 Å². The lowest BCUT2D eigenvalue weighted by Crippen LogP contribution is -2.54. The Labute approximate surface area is 109 Å². The molecule has 0 aliphatic carbocycles. The number of alkyl halides is 1. The van der Waals surface area contributed by atoms with Crippen LogP contribution in [0.25, 0.3) is 0 Å². The summed E-state index contributed by atoms with van der Waals surface area (Å²) in [4.78, 5) is 5.19. The fraction of sp³-hybridized carbons (Fsp3) is 1.00. The number of piperazine rings is 1. The molecule has 0 atom stereocenters. The monoisotopic (exact) mass is 290 g/mol. The molecule has 0 saturated carbocycles. The third-order valence-electron chi connectivity index (χ3n) is 3.33. The first-order chi connectivity index (χ1) is 7.24. The highest BCUT2D eigenvalue weighted by Gasteiger charge is 2.28. The van der Waals surface area contributed by atoms with Crippen molar-refractivity contribution in [2.75, 3.05) is 38.1 Å². The van der Waals surface area contributed by atoms with E-state index in [0.717, 1.165) is 5.33 Å². The van der Waals surface area contributed by atoms with Crippen molar-refractivity contribution in [1.29, 1.82) is 0 Å². The molecular weight excluding hydrogens is 264 g/mol. The van der Waals surface area contributed by atoms with Crippen LogP contribution in [0.3, 0.4) is 0 Å². The average molecular weight is 291 g/mol. The minimum Gasteiger partial charge on any atom is -0.300 e. The van der Waals surface area contributed by atoms with Crippen LogP contribution in [0, 0.1) is 5.41 Å². The SMILES string of the molecule is CC(C)(CBr)CN1CCN(C(C)(C)C)CC1. The summed E-state index contributed by atoms with van der Waals surface area (Å²) in [5.41, 5.74) is 0.723. The molecule has 1 aliphatic heterocycles. The van der Waals surface area contributed by atoms with Gasteiger partial charge in [-0.25, -0.2) is 0 Å². The molecule has 0 spiro atoms. The topological polar surface area (TPSA) is 6.48 Å². The molecule has 0 amide bonds. The Morgan fingerprint density at radius 2 is 1.44 bits per heavy atom. The average Bonchev–Trinajstić information content (AvgIpc) is 2.16. The van der Waals surface area contributed by atoms with Gasteiger partial charge < -0.3 is 4.90 Å². The molecule has 1 heterocycles. The summed E-state index contributed by atoms with van der Waals surface area (Å²) >= 11 is 3.60. The zero-order valence-corrected chi connectivity index (χ0v) is 13.1. The van der Waals surface area contributed by atoms with Gasteiger partial charge in [0.1, 0.15) is 0 Å². The van der Waals surface area contributed by atoms with Crippen molar-refractivity contribution in [3.8, 4) is 0 Å². The maximum absolute atomic E-state index is 3.60.